The summed E-state index contributed by atoms with van der Waals surface area (Å²) >= 11 is 0. The van der Waals surface area contributed by atoms with Crippen molar-refractivity contribution in [1.29, 1.82) is 0 Å². The molecular formula is C9H17NO4. The first kappa shape index (κ1) is 12.9. The summed E-state index contributed by atoms with van der Waals surface area (Å²) in [6.45, 7) is 4.69. The Bertz CT molecular complexity index is 219. The molecule has 0 bridgehead atoms. The van der Waals surface area contributed by atoms with Crippen LogP contribution >= 0.6 is 0 Å². The summed E-state index contributed by atoms with van der Waals surface area (Å²) in [5.41, 5.74) is -0.596. The Balaban J connectivity index is 4.34. The predicted octanol–water partition coefficient (Wildman–Crippen LogP) is -0.317. The molecule has 0 saturated heterocycles. The molecule has 1 atom stereocenters. The number of ether oxygens (including phenoxy) is 1. The van der Waals surface area contributed by atoms with Crippen molar-refractivity contribution in [2.24, 2.45) is 5.41 Å². The summed E-state index contributed by atoms with van der Waals surface area (Å²) in [5.74, 6) is -0.952. The van der Waals surface area contributed by atoms with Gasteiger partial charge in [-0.1, -0.05) is 20.8 Å². The van der Waals surface area contributed by atoms with Gasteiger partial charge in [-0.05, 0) is 0 Å². The van der Waals surface area contributed by atoms with Crippen LogP contribution in [0.3, 0.4) is 0 Å². The Labute approximate surface area is 83.4 Å². The van der Waals surface area contributed by atoms with Crippen LogP contribution in [0.15, 0.2) is 0 Å². The number of aliphatic hydroxyl groups is 1. The van der Waals surface area contributed by atoms with Gasteiger partial charge in [0.05, 0.1) is 13.7 Å². The van der Waals surface area contributed by atoms with Gasteiger partial charge in [0.25, 0.3) is 0 Å². The standard InChI is InChI=1S/C9H17NO4/c1-9(2,3)8(13)10-6(5-11)7(12)14-4/h6,11H,5H2,1-4H3,(H,10,13)/t6-/m0/s1. The number of amides is 1. The van der Waals surface area contributed by atoms with E-state index >= 15 is 0 Å². The molecule has 0 aliphatic heterocycles. The highest BCUT2D eigenvalue weighted by molar-refractivity contribution is 5.87. The van der Waals surface area contributed by atoms with Gasteiger partial charge in [0.1, 0.15) is 0 Å². The highest BCUT2D eigenvalue weighted by atomic mass is 16.5. The molecule has 82 valence electrons. The van der Waals surface area contributed by atoms with Gasteiger partial charge in [0.2, 0.25) is 5.91 Å². The van der Waals surface area contributed by atoms with E-state index in [-0.39, 0.29) is 5.91 Å². The third-order valence-corrected chi connectivity index (χ3v) is 1.65. The van der Waals surface area contributed by atoms with Crippen LogP contribution in [-0.2, 0) is 14.3 Å². The van der Waals surface area contributed by atoms with Crippen LogP contribution in [-0.4, -0.2) is 36.7 Å². The van der Waals surface area contributed by atoms with Gasteiger partial charge >= 0.3 is 5.97 Å². The SMILES string of the molecule is COC(=O)[C@H](CO)NC(=O)C(C)(C)C. The van der Waals surface area contributed by atoms with Gasteiger partial charge < -0.3 is 15.2 Å². The number of methoxy groups -OCH3 is 1. The zero-order valence-electron chi connectivity index (χ0n) is 8.96. The van der Waals surface area contributed by atoms with Crippen LogP contribution < -0.4 is 5.32 Å². The Morgan fingerprint density at radius 1 is 1.43 bits per heavy atom. The number of aliphatic hydroxyl groups excluding tert-OH is 1. The topological polar surface area (TPSA) is 75.6 Å². The van der Waals surface area contributed by atoms with E-state index < -0.39 is 24.0 Å². The van der Waals surface area contributed by atoms with Gasteiger partial charge in [0.15, 0.2) is 6.04 Å². The Morgan fingerprint density at radius 3 is 2.21 bits per heavy atom. The van der Waals surface area contributed by atoms with Gasteiger partial charge in [-0.2, -0.15) is 0 Å². The fourth-order valence-corrected chi connectivity index (χ4v) is 0.696. The van der Waals surface area contributed by atoms with Gasteiger partial charge in [-0.25, -0.2) is 4.79 Å². The molecule has 0 fully saturated rings. The van der Waals surface area contributed by atoms with E-state index in [1.54, 1.807) is 20.8 Å². The third-order valence-electron chi connectivity index (χ3n) is 1.65. The molecule has 0 radical (unpaired) electrons. The maximum absolute atomic E-state index is 11.4. The summed E-state index contributed by atoms with van der Waals surface area (Å²) in [6, 6.07) is -0.980. The lowest BCUT2D eigenvalue weighted by Gasteiger charge is -2.21. The predicted molar refractivity (Wildman–Crippen MR) is 50.5 cm³/mol. The van der Waals surface area contributed by atoms with Crippen molar-refractivity contribution < 1.29 is 19.4 Å². The smallest absolute Gasteiger partial charge is 0.330 e. The Morgan fingerprint density at radius 2 is 1.93 bits per heavy atom. The normalized spacial score (nSPS) is 13.2. The van der Waals surface area contributed by atoms with Crippen molar-refractivity contribution in [3.8, 4) is 0 Å². The molecule has 0 aliphatic rings. The van der Waals surface area contributed by atoms with Crippen molar-refractivity contribution in [3.63, 3.8) is 0 Å². The number of carbonyl (C=O) groups is 2. The molecule has 1 amide bonds. The summed E-state index contributed by atoms with van der Waals surface area (Å²) in [6.07, 6.45) is 0. The van der Waals surface area contributed by atoms with Crippen molar-refractivity contribution >= 4 is 11.9 Å². The van der Waals surface area contributed by atoms with Crippen molar-refractivity contribution in [1.82, 2.24) is 5.32 Å². The average Bonchev–Trinajstić information content (AvgIpc) is 2.10. The number of esters is 1. The molecular weight excluding hydrogens is 186 g/mol. The summed E-state index contributed by atoms with van der Waals surface area (Å²) in [7, 11) is 1.20. The fraction of sp³-hybridized carbons (Fsp3) is 0.778. The molecule has 2 N–H and O–H groups in total. The fourth-order valence-electron chi connectivity index (χ4n) is 0.696. The monoisotopic (exact) mass is 203 g/mol. The molecule has 0 spiro atoms. The lowest BCUT2D eigenvalue weighted by atomic mass is 9.95. The number of nitrogens with one attached hydrogen (secondary N) is 1. The minimum atomic E-state index is -0.980. The molecule has 0 heterocycles. The van der Waals surface area contributed by atoms with Crippen LogP contribution in [0, 0.1) is 5.41 Å². The van der Waals surface area contributed by atoms with Crippen LogP contribution in [0.5, 0.6) is 0 Å². The lowest BCUT2D eigenvalue weighted by Crippen LogP contribution is -2.48. The maximum atomic E-state index is 11.4. The van der Waals surface area contributed by atoms with Crippen molar-refractivity contribution in [2.45, 2.75) is 26.8 Å². The molecule has 0 unspecified atom stereocenters. The zero-order chi connectivity index (χ0) is 11.4. The molecule has 0 aromatic carbocycles. The first-order valence-corrected chi connectivity index (χ1v) is 4.32. The zero-order valence-corrected chi connectivity index (χ0v) is 8.96. The highest BCUT2D eigenvalue weighted by Gasteiger charge is 2.27. The molecule has 0 rings (SSSR count). The van der Waals surface area contributed by atoms with E-state index in [9.17, 15) is 9.59 Å². The summed E-state index contributed by atoms with van der Waals surface area (Å²) < 4.78 is 4.40. The molecule has 0 aliphatic carbocycles. The van der Waals surface area contributed by atoms with Crippen LogP contribution in [0.25, 0.3) is 0 Å². The second-order valence-corrected chi connectivity index (χ2v) is 3.98. The lowest BCUT2D eigenvalue weighted by molar-refractivity contribution is -0.147. The molecule has 0 aromatic heterocycles. The first-order chi connectivity index (χ1) is 6.32. The molecule has 0 aromatic rings. The average molecular weight is 203 g/mol. The van der Waals surface area contributed by atoms with Gasteiger partial charge in [0, 0.05) is 5.41 Å². The highest BCUT2D eigenvalue weighted by Crippen LogP contribution is 2.12. The van der Waals surface area contributed by atoms with E-state index in [1.165, 1.54) is 7.11 Å². The minimum Gasteiger partial charge on any atom is -0.467 e. The summed E-state index contributed by atoms with van der Waals surface area (Å²) in [4.78, 5) is 22.4. The Kier molecular flexibility index (Phi) is 4.56. The second kappa shape index (κ2) is 4.95. The number of carbonyl (C=O) groups excluding carboxylic acids is 2. The minimum absolute atomic E-state index is 0.304. The Hall–Kier alpha value is -1.10. The van der Waals surface area contributed by atoms with E-state index in [0.29, 0.717) is 0 Å². The van der Waals surface area contributed by atoms with Gasteiger partial charge in [-0.3, -0.25) is 4.79 Å². The van der Waals surface area contributed by atoms with E-state index in [1.807, 2.05) is 0 Å². The van der Waals surface area contributed by atoms with Crippen LogP contribution in [0.4, 0.5) is 0 Å². The van der Waals surface area contributed by atoms with Crippen molar-refractivity contribution in [3.05, 3.63) is 0 Å². The third kappa shape index (κ3) is 3.74. The van der Waals surface area contributed by atoms with Crippen LogP contribution in [0.1, 0.15) is 20.8 Å². The number of hydrogen-bond donors (Lipinski definition) is 2. The largest absolute Gasteiger partial charge is 0.467 e. The molecule has 5 nitrogen and oxygen atoms in total. The van der Waals surface area contributed by atoms with E-state index in [0.717, 1.165) is 0 Å². The summed E-state index contributed by atoms with van der Waals surface area (Å²) in [5, 5.41) is 11.2. The number of hydrogen-bond acceptors (Lipinski definition) is 4. The maximum Gasteiger partial charge on any atom is 0.330 e. The van der Waals surface area contributed by atoms with E-state index in [2.05, 4.69) is 10.1 Å². The molecule has 5 heteroatoms. The molecule has 14 heavy (non-hydrogen) atoms. The number of rotatable bonds is 3. The quantitative estimate of drug-likeness (QED) is 0.616. The first-order valence-electron chi connectivity index (χ1n) is 4.32. The molecule has 0 saturated carbocycles. The van der Waals surface area contributed by atoms with Crippen molar-refractivity contribution in [2.75, 3.05) is 13.7 Å². The van der Waals surface area contributed by atoms with Crippen LogP contribution in [0.2, 0.25) is 0 Å². The van der Waals surface area contributed by atoms with E-state index in [4.69, 9.17) is 5.11 Å². The van der Waals surface area contributed by atoms with Gasteiger partial charge in [-0.15, -0.1) is 0 Å². The second-order valence-electron chi connectivity index (χ2n) is 3.98.